The molecule has 2 aromatic rings. The lowest BCUT2D eigenvalue weighted by Crippen LogP contribution is -2.63. The number of ether oxygens (including phenoxy) is 9. The van der Waals surface area contributed by atoms with E-state index in [-0.39, 0.29) is 35.0 Å². The number of phenols is 1. The number of carbonyl (C=O) groups is 7. The van der Waals surface area contributed by atoms with Crippen LogP contribution in [0.3, 0.4) is 0 Å². The average molecular weight is 703 g/mol. The molecule has 50 heavy (non-hydrogen) atoms. The maximum atomic E-state index is 13.2. The maximum Gasteiger partial charge on any atom is 0.308 e. The Bertz CT molecular complexity index is 1700. The van der Waals surface area contributed by atoms with E-state index in [4.69, 9.17) is 42.6 Å². The Balaban J connectivity index is 1.70. The highest BCUT2D eigenvalue weighted by molar-refractivity contribution is 6.02. The number of Topliss-reactive ketones (excluding diaryl/α,β-unsaturated/α-hetero) is 1. The highest BCUT2D eigenvalue weighted by atomic mass is 16.7. The molecule has 2 aromatic carbocycles. The van der Waals surface area contributed by atoms with Crippen molar-refractivity contribution in [1.82, 2.24) is 0 Å². The number of hydrogen-bond donors (Lipinski definition) is 1. The summed E-state index contributed by atoms with van der Waals surface area (Å²) in [5.41, 5.74) is 0.174. The first kappa shape index (κ1) is 37.1. The number of rotatable bonds is 10. The van der Waals surface area contributed by atoms with Crippen molar-refractivity contribution in [3.05, 3.63) is 41.5 Å². The van der Waals surface area contributed by atoms with Crippen molar-refractivity contribution in [2.24, 2.45) is 0 Å². The van der Waals surface area contributed by atoms with E-state index in [1.165, 1.54) is 31.2 Å². The van der Waals surface area contributed by atoms with Gasteiger partial charge in [-0.15, -0.1) is 0 Å². The number of aromatic hydroxyl groups is 1. The molecule has 0 aromatic heterocycles. The molecule has 1 N–H and O–H groups in total. The summed E-state index contributed by atoms with van der Waals surface area (Å²) in [6, 6.07) is 6.53. The van der Waals surface area contributed by atoms with Crippen molar-refractivity contribution in [1.29, 1.82) is 0 Å². The van der Waals surface area contributed by atoms with Gasteiger partial charge in [0, 0.05) is 53.7 Å². The molecule has 0 radical (unpaired) electrons. The van der Waals surface area contributed by atoms with Gasteiger partial charge in [-0.1, -0.05) is 6.07 Å². The normalized spacial score (nSPS) is 22.5. The summed E-state index contributed by atoms with van der Waals surface area (Å²) in [5, 5.41) is 10.9. The molecule has 0 aliphatic carbocycles. The van der Waals surface area contributed by atoms with Crippen LogP contribution in [-0.4, -0.2) is 84.0 Å². The van der Waals surface area contributed by atoms with Crippen molar-refractivity contribution in [3.63, 3.8) is 0 Å². The molecular formula is C33H34O17. The highest BCUT2D eigenvalue weighted by Gasteiger charge is 2.53. The van der Waals surface area contributed by atoms with Gasteiger partial charge in [-0.25, -0.2) is 0 Å². The molecule has 17 heteroatoms. The maximum absolute atomic E-state index is 13.2. The van der Waals surface area contributed by atoms with Crippen molar-refractivity contribution in [2.45, 2.75) is 84.8 Å². The van der Waals surface area contributed by atoms with Gasteiger partial charge in [0.05, 0.1) is 6.42 Å². The van der Waals surface area contributed by atoms with E-state index in [2.05, 4.69) is 0 Å². The first-order valence-electron chi connectivity index (χ1n) is 15.1. The molecule has 0 amide bonds. The summed E-state index contributed by atoms with van der Waals surface area (Å²) < 4.78 is 49.5. The van der Waals surface area contributed by atoms with Crippen LogP contribution in [0.1, 0.15) is 70.0 Å². The number of phenolic OH excluding ortho intramolecular Hbond substituents is 1. The Kier molecular flexibility index (Phi) is 11.6. The fraction of sp³-hybridized carbons (Fsp3) is 0.424. The van der Waals surface area contributed by atoms with Gasteiger partial charge in [0.15, 0.2) is 29.5 Å². The smallest absolute Gasteiger partial charge is 0.308 e. The minimum atomic E-state index is -1.64. The van der Waals surface area contributed by atoms with Crippen molar-refractivity contribution in [3.8, 4) is 28.7 Å². The molecule has 0 spiro atoms. The molecule has 6 atom stereocenters. The predicted octanol–water partition coefficient (Wildman–Crippen LogP) is 2.41. The zero-order chi connectivity index (χ0) is 36.9. The van der Waals surface area contributed by atoms with Crippen LogP contribution in [0.5, 0.6) is 28.7 Å². The van der Waals surface area contributed by atoms with Crippen LogP contribution >= 0.6 is 0 Å². The first-order chi connectivity index (χ1) is 23.5. The van der Waals surface area contributed by atoms with Crippen LogP contribution in [-0.2, 0) is 52.5 Å². The van der Waals surface area contributed by atoms with E-state index in [1.54, 1.807) is 0 Å². The van der Waals surface area contributed by atoms with Gasteiger partial charge in [-0.2, -0.15) is 0 Å². The highest BCUT2D eigenvalue weighted by Crippen LogP contribution is 2.44. The molecule has 4 rings (SSSR count). The zero-order valence-electron chi connectivity index (χ0n) is 27.7. The summed E-state index contributed by atoms with van der Waals surface area (Å²) in [7, 11) is 0. The summed E-state index contributed by atoms with van der Waals surface area (Å²) in [4.78, 5) is 84.4. The summed E-state index contributed by atoms with van der Waals surface area (Å²) in [6.07, 6.45) is -8.68. The third kappa shape index (κ3) is 9.25. The van der Waals surface area contributed by atoms with Crippen LogP contribution in [0.25, 0.3) is 0 Å². The summed E-state index contributed by atoms with van der Waals surface area (Å²) in [5.74, 6) is -6.13. The number of ketones is 1. The minimum absolute atomic E-state index is 0.0443. The molecule has 0 saturated carbocycles. The summed E-state index contributed by atoms with van der Waals surface area (Å²) in [6.45, 7) is 6.14. The standard InChI is InChI=1S/C33H34O17/c1-14(34)42-13-28-30(45-17(4)37)31(46-18(5)38)32(47-19(6)39)33(50-28)48-21-10-22(40)29-23(41)12-25(49-27(29)11-21)20-7-8-24(43-15(2)35)26(9-20)44-16(3)36/h7-11,25,28,30-33,40H,12-13H2,1-6H3/t25-,28+,30-,31+,32+,33-/m1/s1. The third-order valence-corrected chi connectivity index (χ3v) is 7.02. The van der Waals surface area contributed by atoms with Crippen LogP contribution in [0.2, 0.25) is 0 Å². The van der Waals surface area contributed by atoms with Gasteiger partial charge < -0.3 is 47.7 Å². The van der Waals surface area contributed by atoms with Crippen LogP contribution < -0.4 is 18.9 Å². The van der Waals surface area contributed by atoms with Gasteiger partial charge in [-0.05, 0) is 17.7 Å². The lowest BCUT2D eigenvalue weighted by atomic mass is 9.95. The lowest BCUT2D eigenvalue weighted by Gasteiger charge is -2.44. The van der Waals surface area contributed by atoms with Crippen LogP contribution in [0, 0.1) is 0 Å². The molecule has 1 saturated heterocycles. The average Bonchev–Trinajstić information content (AvgIpc) is 2.98. The molecular weight excluding hydrogens is 668 g/mol. The quantitative estimate of drug-likeness (QED) is 0.213. The molecule has 2 heterocycles. The van der Waals surface area contributed by atoms with Crippen molar-refractivity contribution >= 4 is 41.6 Å². The Labute approximate surface area is 284 Å². The van der Waals surface area contributed by atoms with E-state index in [0.29, 0.717) is 5.56 Å². The SMILES string of the molecule is CC(=O)OC[C@@H]1O[C@@H](Oc2cc(O)c3c(c2)O[C@@H](c2ccc(OC(C)=O)c(OC(C)=O)c2)CC3=O)[C@@H](OC(C)=O)[C@@H](OC(C)=O)[C@@H]1OC(C)=O. The number of fused-ring (bicyclic) bond motifs is 1. The minimum Gasteiger partial charge on any atom is -0.507 e. The Morgan fingerprint density at radius 2 is 1.34 bits per heavy atom. The number of benzene rings is 2. The third-order valence-electron chi connectivity index (χ3n) is 7.02. The molecule has 2 aliphatic rings. The molecule has 0 unspecified atom stereocenters. The molecule has 2 aliphatic heterocycles. The largest absolute Gasteiger partial charge is 0.507 e. The molecule has 1 fully saturated rings. The second kappa shape index (κ2) is 15.7. The monoisotopic (exact) mass is 702 g/mol. The van der Waals surface area contributed by atoms with E-state index >= 15 is 0 Å². The van der Waals surface area contributed by atoms with Gasteiger partial charge >= 0.3 is 35.8 Å². The van der Waals surface area contributed by atoms with Crippen molar-refractivity contribution < 1.29 is 81.3 Å². The number of hydrogen-bond acceptors (Lipinski definition) is 17. The van der Waals surface area contributed by atoms with Gasteiger partial charge in [0.2, 0.25) is 12.4 Å². The Morgan fingerprint density at radius 3 is 1.94 bits per heavy atom. The fourth-order valence-electron chi connectivity index (χ4n) is 5.29. The van der Waals surface area contributed by atoms with Gasteiger partial charge in [-0.3, -0.25) is 33.6 Å². The van der Waals surface area contributed by atoms with Gasteiger partial charge in [0.25, 0.3) is 0 Å². The fourth-order valence-corrected chi connectivity index (χ4v) is 5.29. The van der Waals surface area contributed by atoms with E-state index < -0.39 is 90.8 Å². The van der Waals surface area contributed by atoms with Crippen LogP contribution in [0.4, 0.5) is 0 Å². The van der Waals surface area contributed by atoms with E-state index in [0.717, 1.165) is 40.7 Å². The topological polar surface area (TPSA) is 223 Å². The molecule has 268 valence electrons. The Morgan fingerprint density at radius 1 is 0.740 bits per heavy atom. The van der Waals surface area contributed by atoms with Gasteiger partial charge in [0.1, 0.15) is 41.6 Å². The zero-order valence-corrected chi connectivity index (χ0v) is 27.7. The van der Waals surface area contributed by atoms with Crippen molar-refractivity contribution in [2.75, 3.05) is 6.61 Å². The first-order valence-corrected chi connectivity index (χ1v) is 15.1. The Hall–Kier alpha value is -5.71. The lowest BCUT2D eigenvalue weighted by molar-refractivity contribution is -0.288. The molecule has 17 nitrogen and oxygen atoms in total. The second-order valence-corrected chi connectivity index (χ2v) is 11.1. The number of carbonyl (C=O) groups excluding carboxylic acids is 7. The number of esters is 6. The second-order valence-electron chi connectivity index (χ2n) is 11.1. The van der Waals surface area contributed by atoms with E-state index in [1.807, 2.05) is 0 Å². The van der Waals surface area contributed by atoms with Crippen LogP contribution in [0.15, 0.2) is 30.3 Å². The summed E-state index contributed by atoms with van der Waals surface area (Å²) >= 11 is 0. The predicted molar refractivity (Wildman–Crippen MR) is 162 cm³/mol. The van der Waals surface area contributed by atoms with E-state index in [9.17, 15) is 38.7 Å². The molecule has 0 bridgehead atoms.